The van der Waals surface area contributed by atoms with Crippen LogP contribution in [-0.4, -0.2) is 15.6 Å². The molecule has 1 aromatic rings. The van der Waals surface area contributed by atoms with Crippen LogP contribution in [0.25, 0.3) is 0 Å². The fourth-order valence-electron chi connectivity index (χ4n) is 2.54. The van der Waals surface area contributed by atoms with Gasteiger partial charge in [-0.05, 0) is 44.6 Å². The molecule has 0 fully saturated rings. The van der Waals surface area contributed by atoms with Crippen molar-refractivity contribution in [1.29, 1.82) is 0 Å². The van der Waals surface area contributed by atoms with Gasteiger partial charge in [-0.25, -0.2) is 0 Å². The first-order valence-corrected chi connectivity index (χ1v) is 7.51. The van der Waals surface area contributed by atoms with E-state index in [2.05, 4.69) is 11.2 Å². The predicted octanol–water partition coefficient (Wildman–Crippen LogP) is 3.73. The van der Waals surface area contributed by atoms with Crippen molar-refractivity contribution >= 4 is 17.4 Å². The summed E-state index contributed by atoms with van der Waals surface area (Å²) in [6, 6.07) is 0. The van der Waals surface area contributed by atoms with Gasteiger partial charge in [0, 0.05) is 6.54 Å². The summed E-state index contributed by atoms with van der Waals surface area (Å²) >= 11 is 6.34. The van der Waals surface area contributed by atoms with E-state index in [1.165, 1.54) is 6.42 Å². The largest absolute Gasteiger partial charge is 0.294 e. The van der Waals surface area contributed by atoms with Crippen LogP contribution in [0, 0.1) is 0 Å². The molecule has 0 amide bonds. The monoisotopic (exact) mass is 280 g/mol. The van der Waals surface area contributed by atoms with Crippen LogP contribution >= 0.6 is 11.6 Å². The summed E-state index contributed by atoms with van der Waals surface area (Å²) < 4.78 is 1.86. The average Bonchev–Trinajstić information content (AvgIpc) is 2.76. The number of nitrogens with zero attached hydrogens (tertiary/aromatic N) is 2. The molecular formula is C15H21ClN2O. The first kappa shape index (κ1) is 14.3. The molecule has 0 saturated carbocycles. The van der Waals surface area contributed by atoms with Crippen LogP contribution in [0.4, 0.5) is 0 Å². The number of allylic oxidation sites excluding steroid dienone is 2. The Morgan fingerprint density at radius 1 is 1.42 bits per heavy atom. The number of hydrogen-bond acceptors (Lipinski definition) is 2. The van der Waals surface area contributed by atoms with Gasteiger partial charge in [0.1, 0.15) is 0 Å². The number of carbonyl (C=O) groups excluding carboxylic acids is 1. The maximum Gasteiger partial charge on any atom is 0.164 e. The SMILES string of the molecule is CCc1nn(CC)c(CC(=O)C2=CCCCC2)c1Cl. The molecule has 1 aliphatic rings. The van der Waals surface area contributed by atoms with Gasteiger partial charge in [-0.1, -0.05) is 24.6 Å². The fourth-order valence-corrected chi connectivity index (χ4v) is 2.88. The van der Waals surface area contributed by atoms with Gasteiger partial charge in [0.05, 0.1) is 22.8 Å². The summed E-state index contributed by atoms with van der Waals surface area (Å²) in [6.07, 6.45) is 7.54. The van der Waals surface area contributed by atoms with Crippen molar-refractivity contribution in [3.63, 3.8) is 0 Å². The number of aromatic nitrogens is 2. The fraction of sp³-hybridized carbons (Fsp3) is 0.600. The van der Waals surface area contributed by atoms with Crippen molar-refractivity contribution < 1.29 is 4.79 Å². The predicted molar refractivity (Wildman–Crippen MR) is 77.6 cm³/mol. The third-order valence-corrected chi connectivity index (χ3v) is 4.11. The van der Waals surface area contributed by atoms with E-state index in [1.807, 2.05) is 18.5 Å². The van der Waals surface area contributed by atoms with Gasteiger partial charge in [-0.3, -0.25) is 9.48 Å². The van der Waals surface area contributed by atoms with Crippen LogP contribution in [0.15, 0.2) is 11.6 Å². The quantitative estimate of drug-likeness (QED) is 0.824. The molecule has 0 aromatic carbocycles. The average molecular weight is 281 g/mol. The standard InChI is InChI=1S/C15H21ClN2O/c1-3-12-15(16)13(18(4-2)17-12)10-14(19)11-8-6-5-7-9-11/h8H,3-7,9-10H2,1-2H3. The number of carbonyl (C=O) groups is 1. The Morgan fingerprint density at radius 3 is 2.79 bits per heavy atom. The van der Waals surface area contributed by atoms with Crippen LogP contribution in [0.3, 0.4) is 0 Å². The Hall–Kier alpha value is -1.09. The van der Waals surface area contributed by atoms with Crippen LogP contribution in [-0.2, 0) is 24.2 Å². The minimum atomic E-state index is 0.207. The van der Waals surface area contributed by atoms with E-state index < -0.39 is 0 Å². The molecular weight excluding hydrogens is 260 g/mol. The second-order valence-electron chi connectivity index (χ2n) is 4.95. The highest BCUT2D eigenvalue weighted by Gasteiger charge is 2.19. The highest BCUT2D eigenvalue weighted by molar-refractivity contribution is 6.32. The summed E-state index contributed by atoms with van der Waals surface area (Å²) in [4.78, 5) is 12.3. The van der Waals surface area contributed by atoms with E-state index in [1.54, 1.807) is 0 Å². The molecule has 2 rings (SSSR count). The molecule has 1 aromatic heterocycles. The Balaban J connectivity index is 2.20. The van der Waals surface area contributed by atoms with Crippen LogP contribution in [0.5, 0.6) is 0 Å². The number of halogens is 1. The van der Waals surface area contributed by atoms with Crippen molar-refractivity contribution in [1.82, 2.24) is 9.78 Å². The lowest BCUT2D eigenvalue weighted by Crippen LogP contribution is -2.13. The minimum absolute atomic E-state index is 0.207. The second-order valence-corrected chi connectivity index (χ2v) is 5.33. The molecule has 1 aliphatic carbocycles. The third kappa shape index (κ3) is 3.08. The third-order valence-electron chi connectivity index (χ3n) is 3.67. The summed E-state index contributed by atoms with van der Waals surface area (Å²) in [6.45, 7) is 4.81. The van der Waals surface area contributed by atoms with Crippen molar-refractivity contribution in [3.05, 3.63) is 28.1 Å². The molecule has 0 atom stereocenters. The molecule has 104 valence electrons. The topological polar surface area (TPSA) is 34.9 Å². The van der Waals surface area contributed by atoms with E-state index in [0.717, 1.165) is 49.2 Å². The second kappa shape index (κ2) is 6.38. The zero-order valence-corrected chi connectivity index (χ0v) is 12.5. The molecule has 0 spiro atoms. The maximum atomic E-state index is 12.3. The first-order valence-electron chi connectivity index (χ1n) is 7.13. The van der Waals surface area contributed by atoms with E-state index in [9.17, 15) is 4.79 Å². The number of Topliss-reactive ketones (excluding diaryl/α,β-unsaturated/α-hetero) is 1. The molecule has 0 radical (unpaired) electrons. The zero-order chi connectivity index (χ0) is 13.8. The summed E-state index contributed by atoms with van der Waals surface area (Å²) in [5, 5.41) is 5.13. The molecule has 0 unspecified atom stereocenters. The Labute approximate surface area is 119 Å². The molecule has 19 heavy (non-hydrogen) atoms. The van der Waals surface area contributed by atoms with Crippen LogP contribution in [0.2, 0.25) is 5.02 Å². The van der Waals surface area contributed by atoms with Gasteiger partial charge in [-0.2, -0.15) is 5.10 Å². The van der Waals surface area contributed by atoms with Gasteiger partial charge >= 0.3 is 0 Å². The van der Waals surface area contributed by atoms with Crippen molar-refractivity contribution in [2.75, 3.05) is 0 Å². The van der Waals surface area contributed by atoms with E-state index in [0.29, 0.717) is 11.4 Å². The summed E-state index contributed by atoms with van der Waals surface area (Å²) in [5.74, 6) is 0.207. The highest BCUT2D eigenvalue weighted by atomic mass is 35.5. The van der Waals surface area contributed by atoms with E-state index >= 15 is 0 Å². The summed E-state index contributed by atoms with van der Waals surface area (Å²) in [7, 11) is 0. The van der Waals surface area contributed by atoms with Crippen LogP contribution < -0.4 is 0 Å². The molecule has 4 heteroatoms. The molecule has 1 heterocycles. The molecule has 3 nitrogen and oxygen atoms in total. The first-order chi connectivity index (χ1) is 9.17. The van der Waals surface area contributed by atoms with Gasteiger partial charge in [0.25, 0.3) is 0 Å². The van der Waals surface area contributed by atoms with Gasteiger partial charge in [0.15, 0.2) is 5.78 Å². The highest BCUT2D eigenvalue weighted by Crippen LogP contribution is 2.25. The lowest BCUT2D eigenvalue weighted by atomic mass is 9.94. The van der Waals surface area contributed by atoms with E-state index in [4.69, 9.17) is 11.6 Å². The number of aryl methyl sites for hydroxylation is 2. The zero-order valence-electron chi connectivity index (χ0n) is 11.7. The maximum absolute atomic E-state index is 12.3. The molecule has 0 bridgehead atoms. The lowest BCUT2D eigenvalue weighted by molar-refractivity contribution is -0.115. The van der Waals surface area contributed by atoms with Crippen molar-refractivity contribution in [3.8, 4) is 0 Å². The number of ketones is 1. The van der Waals surface area contributed by atoms with Crippen molar-refractivity contribution in [2.45, 2.75) is 58.9 Å². The van der Waals surface area contributed by atoms with E-state index in [-0.39, 0.29) is 5.78 Å². The van der Waals surface area contributed by atoms with Gasteiger partial charge in [0.2, 0.25) is 0 Å². The Kier molecular flexibility index (Phi) is 4.81. The number of hydrogen-bond donors (Lipinski definition) is 0. The number of rotatable bonds is 5. The lowest BCUT2D eigenvalue weighted by Gasteiger charge is -2.12. The normalized spacial score (nSPS) is 15.4. The van der Waals surface area contributed by atoms with Crippen LogP contribution in [0.1, 0.15) is 50.9 Å². The van der Waals surface area contributed by atoms with Gasteiger partial charge in [-0.15, -0.1) is 0 Å². The minimum Gasteiger partial charge on any atom is -0.294 e. The Bertz CT molecular complexity index is 502. The van der Waals surface area contributed by atoms with Gasteiger partial charge < -0.3 is 0 Å². The van der Waals surface area contributed by atoms with Crippen molar-refractivity contribution in [2.24, 2.45) is 0 Å². The Morgan fingerprint density at radius 2 is 2.21 bits per heavy atom. The molecule has 0 N–H and O–H groups in total. The molecule has 0 saturated heterocycles. The molecule has 0 aliphatic heterocycles. The summed E-state index contributed by atoms with van der Waals surface area (Å²) in [5.41, 5.74) is 2.74. The smallest absolute Gasteiger partial charge is 0.164 e.